The first-order valence-electron chi connectivity index (χ1n) is 8.35. The Morgan fingerprint density at radius 1 is 0.864 bits per heavy atom. The van der Waals surface area contributed by atoms with Gasteiger partial charge in [-0.15, -0.1) is 0 Å². The summed E-state index contributed by atoms with van der Waals surface area (Å²) in [7, 11) is 0. The van der Waals surface area contributed by atoms with E-state index in [1.807, 2.05) is 24.3 Å². The van der Waals surface area contributed by atoms with Gasteiger partial charge in [-0.3, -0.25) is 9.18 Å². The first kappa shape index (κ1) is 16.7. The molecule has 1 N–H and O–H groups in total. The number of nitrogens with one attached hydrogen (secondary N) is 1. The van der Waals surface area contributed by atoms with E-state index < -0.39 is 0 Å². The van der Waals surface area contributed by atoms with Gasteiger partial charge < -0.3 is 0 Å². The smallest absolute Gasteiger partial charge is 0.267 e. The number of aromatic amines is 1. The van der Waals surface area contributed by atoms with Crippen LogP contribution in [0, 0.1) is 0 Å². The average Bonchev–Trinajstić information content (AvgIpc) is 2.55. The van der Waals surface area contributed by atoms with Crippen LogP contribution in [0.3, 0.4) is 0 Å². The predicted molar refractivity (Wildman–Crippen MR) is 89.0 cm³/mol. The van der Waals surface area contributed by atoms with Gasteiger partial charge in [-0.2, -0.15) is 5.10 Å². The Kier molecular flexibility index (Phi) is 7.07. The Labute approximate surface area is 130 Å². The van der Waals surface area contributed by atoms with Gasteiger partial charge in [0.1, 0.15) is 0 Å². The summed E-state index contributed by atoms with van der Waals surface area (Å²) in [5.41, 5.74) is 0.866. The molecular formula is C18H25FN2O. The quantitative estimate of drug-likeness (QED) is 0.654. The zero-order valence-corrected chi connectivity index (χ0v) is 13.1. The van der Waals surface area contributed by atoms with Gasteiger partial charge in [0.25, 0.3) is 5.56 Å². The van der Waals surface area contributed by atoms with E-state index in [4.69, 9.17) is 0 Å². The monoisotopic (exact) mass is 304 g/mol. The van der Waals surface area contributed by atoms with E-state index in [9.17, 15) is 9.18 Å². The third-order valence-corrected chi connectivity index (χ3v) is 4.07. The van der Waals surface area contributed by atoms with Gasteiger partial charge in [0.2, 0.25) is 0 Å². The SMILES string of the molecule is O=c1[nH]nc(CCCCCCCCCCF)c2ccccc12. The second-order valence-corrected chi connectivity index (χ2v) is 5.81. The summed E-state index contributed by atoms with van der Waals surface area (Å²) in [6.07, 6.45) is 9.71. The molecule has 1 heterocycles. The fourth-order valence-electron chi connectivity index (χ4n) is 2.81. The molecular weight excluding hydrogens is 279 g/mol. The van der Waals surface area contributed by atoms with Crippen LogP contribution in [0.25, 0.3) is 10.8 Å². The van der Waals surface area contributed by atoms with Crippen LogP contribution in [0.5, 0.6) is 0 Å². The molecule has 1 aromatic heterocycles. The van der Waals surface area contributed by atoms with E-state index in [0.29, 0.717) is 6.42 Å². The van der Waals surface area contributed by atoms with Crippen molar-refractivity contribution in [2.75, 3.05) is 6.67 Å². The van der Waals surface area contributed by atoms with Crippen LogP contribution >= 0.6 is 0 Å². The van der Waals surface area contributed by atoms with Crippen molar-refractivity contribution < 1.29 is 4.39 Å². The maximum atomic E-state index is 11.9. The van der Waals surface area contributed by atoms with Gasteiger partial charge in [0.15, 0.2) is 0 Å². The van der Waals surface area contributed by atoms with Crippen LogP contribution in [0.1, 0.15) is 57.1 Å². The minimum absolute atomic E-state index is 0.118. The van der Waals surface area contributed by atoms with Gasteiger partial charge in [0, 0.05) is 5.39 Å². The van der Waals surface area contributed by atoms with Crippen molar-refractivity contribution in [1.82, 2.24) is 10.2 Å². The molecule has 0 aliphatic heterocycles. The Morgan fingerprint density at radius 3 is 2.14 bits per heavy atom. The number of aromatic nitrogens is 2. The van der Waals surface area contributed by atoms with Crippen molar-refractivity contribution in [3.05, 3.63) is 40.3 Å². The van der Waals surface area contributed by atoms with Crippen LogP contribution in [-0.4, -0.2) is 16.9 Å². The van der Waals surface area contributed by atoms with E-state index >= 15 is 0 Å². The van der Waals surface area contributed by atoms with Gasteiger partial charge in [0.05, 0.1) is 17.8 Å². The molecule has 120 valence electrons. The number of rotatable bonds is 10. The molecule has 0 saturated heterocycles. The molecule has 1 aromatic carbocycles. The molecule has 4 heteroatoms. The highest BCUT2D eigenvalue weighted by molar-refractivity contribution is 5.83. The van der Waals surface area contributed by atoms with Gasteiger partial charge in [-0.05, 0) is 25.3 Å². The fourth-order valence-corrected chi connectivity index (χ4v) is 2.81. The average molecular weight is 304 g/mol. The molecule has 0 radical (unpaired) electrons. The maximum Gasteiger partial charge on any atom is 0.272 e. The largest absolute Gasteiger partial charge is 0.272 e. The third kappa shape index (κ3) is 4.93. The fraction of sp³-hybridized carbons (Fsp3) is 0.556. The second-order valence-electron chi connectivity index (χ2n) is 5.81. The highest BCUT2D eigenvalue weighted by Gasteiger charge is 2.05. The number of aryl methyl sites for hydroxylation is 1. The number of unbranched alkanes of at least 4 members (excludes halogenated alkanes) is 7. The standard InChI is InChI=1S/C18H25FN2O/c19-14-10-6-4-2-1-3-5-7-13-17-15-11-8-9-12-16(15)18(22)21-20-17/h8-9,11-12H,1-7,10,13-14H2,(H,21,22). The minimum Gasteiger partial charge on any atom is -0.267 e. The summed E-state index contributed by atoms with van der Waals surface area (Å²) >= 11 is 0. The summed E-state index contributed by atoms with van der Waals surface area (Å²) in [6.45, 7) is -0.180. The Bertz CT molecular complexity index is 624. The molecule has 0 atom stereocenters. The number of fused-ring (bicyclic) bond motifs is 1. The number of hydrogen-bond donors (Lipinski definition) is 1. The van der Waals surface area contributed by atoms with Crippen molar-refractivity contribution in [3.63, 3.8) is 0 Å². The second kappa shape index (κ2) is 9.34. The van der Waals surface area contributed by atoms with Crippen molar-refractivity contribution in [2.45, 2.75) is 57.8 Å². The van der Waals surface area contributed by atoms with Crippen molar-refractivity contribution in [2.24, 2.45) is 0 Å². The molecule has 2 aromatic rings. The van der Waals surface area contributed by atoms with Crippen LogP contribution in [0.2, 0.25) is 0 Å². The highest BCUT2D eigenvalue weighted by Crippen LogP contribution is 2.16. The molecule has 0 spiro atoms. The lowest BCUT2D eigenvalue weighted by Gasteiger charge is -2.05. The highest BCUT2D eigenvalue weighted by atomic mass is 19.1. The summed E-state index contributed by atoms with van der Waals surface area (Å²) in [4.78, 5) is 11.7. The van der Waals surface area contributed by atoms with Gasteiger partial charge in [-0.25, -0.2) is 5.10 Å². The molecule has 0 fully saturated rings. The van der Waals surface area contributed by atoms with Crippen LogP contribution in [0.15, 0.2) is 29.1 Å². The number of alkyl halides is 1. The lowest BCUT2D eigenvalue weighted by atomic mass is 10.0. The van der Waals surface area contributed by atoms with E-state index in [0.717, 1.165) is 42.1 Å². The normalized spacial score (nSPS) is 11.1. The molecule has 0 saturated carbocycles. The zero-order chi connectivity index (χ0) is 15.6. The number of benzene rings is 1. The van der Waals surface area contributed by atoms with Crippen LogP contribution < -0.4 is 5.56 Å². The minimum atomic E-state index is -0.180. The summed E-state index contributed by atoms with van der Waals surface area (Å²) in [5.74, 6) is 0. The van der Waals surface area contributed by atoms with E-state index in [-0.39, 0.29) is 12.2 Å². The van der Waals surface area contributed by atoms with Crippen molar-refractivity contribution in [3.8, 4) is 0 Å². The molecule has 0 aliphatic rings. The summed E-state index contributed by atoms with van der Waals surface area (Å²) < 4.78 is 11.9. The van der Waals surface area contributed by atoms with Gasteiger partial charge >= 0.3 is 0 Å². The molecule has 0 bridgehead atoms. The Morgan fingerprint density at radius 2 is 1.45 bits per heavy atom. The van der Waals surface area contributed by atoms with Gasteiger partial charge in [-0.1, -0.05) is 56.7 Å². The Hall–Kier alpha value is -1.71. The van der Waals surface area contributed by atoms with E-state index in [2.05, 4.69) is 10.2 Å². The number of H-pyrrole nitrogens is 1. The first-order chi connectivity index (χ1) is 10.8. The lowest BCUT2D eigenvalue weighted by Crippen LogP contribution is -2.10. The maximum absolute atomic E-state index is 11.9. The topological polar surface area (TPSA) is 45.8 Å². The zero-order valence-electron chi connectivity index (χ0n) is 13.1. The van der Waals surface area contributed by atoms with Crippen LogP contribution in [-0.2, 0) is 6.42 Å². The number of halogens is 1. The third-order valence-electron chi connectivity index (χ3n) is 4.07. The number of hydrogen-bond acceptors (Lipinski definition) is 2. The molecule has 0 aliphatic carbocycles. The first-order valence-corrected chi connectivity index (χ1v) is 8.35. The number of nitrogens with zero attached hydrogens (tertiary/aromatic N) is 1. The van der Waals surface area contributed by atoms with E-state index in [1.54, 1.807) is 0 Å². The Balaban J connectivity index is 1.72. The van der Waals surface area contributed by atoms with E-state index in [1.165, 1.54) is 25.7 Å². The predicted octanol–water partition coefficient (Wildman–Crippen LogP) is 4.56. The van der Waals surface area contributed by atoms with Crippen molar-refractivity contribution >= 4 is 10.8 Å². The summed E-state index contributed by atoms with van der Waals surface area (Å²) in [6, 6.07) is 7.64. The van der Waals surface area contributed by atoms with Crippen molar-refractivity contribution in [1.29, 1.82) is 0 Å². The molecule has 3 nitrogen and oxygen atoms in total. The molecule has 0 amide bonds. The summed E-state index contributed by atoms with van der Waals surface area (Å²) in [5, 5.41) is 8.48. The molecule has 22 heavy (non-hydrogen) atoms. The molecule has 2 rings (SSSR count). The lowest BCUT2D eigenvalue weighted by molar-refractivity contribution is 0.449. The van der Waals surface area contributed by atoms with Crippen LogP contribution in [0.4, 0.5) is 4.39 Å². The molecule has 0 unspecified atom stereocenters.